The smallest absolute Gasteiger partial charge is 0.387 e. The van der Waals surface area contributed by atoms with Crippen LogP contribution in [-0.2, 0) is 0 Å². The average molecular weight is 213 g/mol. The van der Waals surface area contributed by atoms with Crippen molar-refractivity contribution in [3.8, 4) is 5.75 Å². The van der Waals surface area contributed by atoms with Crippen molar-refractivity contribution in [1.82, 2.24) is 0 Å². The SMILES string of the molecule is N[C@H](c1ccc(OC(F)F)cc1)C1CC1. The second-order valence-electron chi connectivity index (χ2n) is 3.81. The molecule has 0 aliphatic heterocycles. The number of ether oxygens (including phenoxy) is 1. The molecule has 1 aliphatic carbocycles. The third kappa shape index (κ3) is 2.65. The van der Waals surface area contributed by atoms with Crippen molar-refractivity contribution in [1.29, 1.82) is 0 Å². The van der Waals surface area contributed by atoms with Gasteiger partial charge in [-0.25, -0.2) is 0 Å². The molecule has 2 N–H and O–H groups in total. The van der Waals surface area contributed by atoms with E-state index in [9.17, 15) is 8.78 Å². The zero-order valence-corrected chi connectivity index (χ0v) is 8.20. The van der Waals surface area contributed by atoms with E-state index in [1.54, 1.807) is 12.1 Å². The zero-order chi connectivity index (χ0) is 10.8. The first-order valence-electron chi connectivity index (χ1n) is 4.97. The van der Waals surface area contributed by atoms with Crippen molar-refractivity contribution in [2.24, 2.45) is 11.7 Å². The molecule has 2 rings (SSSR count). The lowest BCUT2D eigenvalue weighted by Gasteiger charge is -2.11. The first-order valence-corrected chi connectivity index (χ1v) is 4.97. The van der Waals surface area contributed by atoms with Crippen molar-refractivity contribution in [2.45, 2.75) is 25.5 Å². The van der Waals surface area contributed by atoms with Crippen LogP contribution in [0, 0.1) is 5.92 Å². The molecule has 15 heavy (non-hydrogen) atoms. The molecule has 0 aromatic heterocycles. The molecule has 0 saturated heterocycles. The summed E-state index contributed by atoms with van der Waals surface area (Å²) in [7, 11) is 0. The largest absolute Gasteiger partial charge is 0.435 e. The van der Waals surface area contributed by atoms with Gasteiger partial charge in [-0.2, -0.15) is 8.78 Å². The number of halogens is 2. The predicted octanol–water partition coefficient (Wildman–Crippen LogP) is 2.70. The summed E-state index contributed by atoms with van der Waals surface area (Å²) in [6.07, 6.45) is 2.33. The summed E-state index contributed by atoms with van der Waals surface area (Å²) < 4.78 is 28.0. The Morgan fingerprint density at radius 1 is 1.20 bits per heavy atom. The van der Waals surface area contributed by atoms with E-state index >= 15 is 0 Å². The number of rotatable bonds is 4. The van der Waals surface area contributed by atoms with Crippen LogP contribution in [0.25, 0.3) is 0 Å². The fraction of sp³-hybridized carbons (Fsp3) is 0.455. The van der Waals surface area contributed by atoms with E-state index in [2.05, 4.69) is 4.74 Å². The van der Waals surface area contributed by atoms with Gasteiger partial charge in [0, 0.05) is 6.04 Å². The van der Waals surface area contributed by atoms with Crippen LogP contribution in [0.4, 0.5) is 8.78 Å². The van der Waals surface area contributed by atoms with E-state index < -0.39 is 6.61 Å². The first-order chi connectivity index (χ1) is 7.16. The average Bonchev–Trinajstić information content (AvgIpc) is 3.00. The topological polar surface area (TPSA) is 35.2 Å². The van der Waals surface area contributed by atoms with E-state index in [1.807, 2.05) is 0 Å². The standard InChI is InChI=1S/C11H13F2NO/c12-11(13)15-9-5-3-8(4-6-9)10(14)7-1-2-7/h3-7,10-11H,1-2,14H2/t10-/m0/s1. The van der Waals surface area contributed by atoms with Crippen LogP contribution in [0.3, 0.4) is 0 Å². The normalized spacial score (nSPS) is 17.9. The molecule has 0 radical (unpaired) electrons. The molecule has 1 saturated carbocycles. The Hall–Kier alpha value is -1.16. The second-order valence-corrected chi connectivity index (χ2v) is 3.81. The Morgan fingerprint density at radius 2 is 1.80 bits per heavy atom. The summed E-state index contributed by atoms with van der Waals surface area (Å²) in [6.45, 7) is -2.77. The Morgan fingerprint density at radius 3 is 2.27 bits per heavy atom. The van der Waals surface area contributed by atoms with E-state index in [0.29, 0.717) is 5.92 Å². The van der Waals surface area contributed by atoms with Crippen LogP contribution in [0.15, 0.2) is 24.3 Å². The van der Waals surface area contributed by atoms with E-state index in [0.717, 1.165) is 18.4 Å². The Balaban J connectivity index is 2.02. The molecule has 4 heteroatoms. The van der Waals surface area contributed by atoms with Gasteiger partial charge >= 0.3 is 6.61 Å². The molecule has 0 amide bonds. The van der Waals surface area contributed by atoms with Gasteiger partial charge < -0.3 is 10.5 Å². The number of hydrogen-bond donors (Lipinski definition) is 1. The van der Waals surface area contributed by atoms with Crippen molar-refractivity contribution in [3.63, 3.8) is 0 Å². The lowest BCUT2D eigenvalue weighted by molar-refractivity contribution is -0.0498. The van der Waals surface area contributed by atoms with Gasteiger partial charge in [-0.1, -0.05) is 12.1 Å². The number of alkyl halides is 2. The molecule has 1 aliphatic rings. The van der Waals surface area contributed by atoms with Gasteiger partial charge in [-0.15, -0.1) is 0 Å². The van der Waals surface area contributed by atoms with E-state index in [-0.39, 0.29) is 11.8 Å². The Kier molecular flexibility index (Phi) is 2.86. The van der Waals surface area contributed by atoms with Crippen LogP contribution < -0.4 is 10.5 Å². The minimum absolute atomic E-state index is 0.0330. The third-order valence-corrected chi connectivity index (χ3v) is 2.62. The molecule has 1 aromatic carbocycles. The van der Waals surface area contributed by atoms with Gasteiger partial charge in [0.2, 0.25) is 0 Å². The molecule has 1 fully saturated rings. The number of benzene rings is 1. The van der Waals surface area contributed by atoms with Gasteiger partial charge in [0.15, 0.2) is 0 Å². The van der Waals surface area contributed by atoms with Crippen LogP contribution in [0.1, 0.15) is 24.4 Å². The first kappa shape index (κ1) is 10.4. The van der Waals surface area contributed by atoms with Crippen LogP contribution in [0.2, 0.25) is 0 Å². The molecule has 0 unspecified atom stereocenters. The van der Waals surface area contributed by atoms with Crippen molar-refractivity contribution < 1.29 is 13.5 Å². The van der Waals surface area contributed by atoms with Crippen LogP contribution in [0.5, 0.6) is 5.75 Å². The maximum absolute atomic E-state index is 11.9. The summed E-state index contributed by atoms with van der Waals surface area (Å²) in [6, 6.07) is 6.60. The number of nitrogens with two attached hydrogens (primary N) is 1. The molecular weight excluding hydrogens is 200 g/mol. The molecule has 82 valence electrons. The summed E-state index contributed by atoms with van der Waals surface area (Å²) in [5.74, 6) is 0.739. The van der Waals surface area contributed by atoms with Gasteiger partial charge in [0.25, 0.3) is 0 Å². The van der Waals surface area contributed by atoms with Crippen molar-refractivity contribution in [3.05, 3.63) is 29.8 Å². The highest BCUT2D eigenvalue weighted by molar-refractivity contribution is 5.29. The highest BCUT2D eigenvalue weighted by Gasteiger charge is 2.29. The van der Waals surface area contributed by atoms with Crippen molar-refractivity contribution >= 4 is 0 Å². The summed E-state index contributed by atoms with van der Waals surface area (Å²) >= 11 is 0. The minimum Gasteiger partial charge on any atom is -0.435 e. The molecule has 0 spiro atoms. The minimum atomic E-state index is -2.77. The van der Waals surface area contributed by atoms with Crippen LogP contribution in [-0.4, -0.2) is 6.61 Å². The fourth-order valence-electron chi connectivity index (χ4n) is 1.60. The lowest BCUT2D eigenvalue weighted by atomic mass is 10.0. The van der Waals surface area contributed by atoms with Gasteiger partial charge in [0.05, 0.1) is 0 Å². The molecule has 0 bridgehead atoms. The second kappa shape index (κ2) is 4.14. The monoisotopic (exact) mass is 213 g/mol. The Bertz CT molecular complexity index is 322. The molecule has 2 nitrogen and oxygen atoms in total. The summed E-state index contributed by atoms with van der Waals surface area (Å²) in [5, 5.41) is 0. The molecule has 1 aromatic rings. The fourth-order valence-corrected chi connectivity index (χ4v) is 1.60. The quantitative estimate of drug-likeness (QED) is 0.834. The van der Waals surface area contributed by atoms with Gasteiger partial charge in [-0.3, -0.25) is 0 Å². The molecular formula is C11H13F2NO. The number of hydrogen-bond acceptors (Lipinski definition) is 2. The van der Waals surface area contributed by atoms with Gasteiger partial charge in [-0.05, 0) is 36.5 Å². The highest BCUT2D eigenvalue weighted by atomic mass is 19.3. The van der Waals surface area contributed by atoms with E-state index in [1.165, 1.54) is 12.1 Å². The highest BCUT2D eigenvalue weighted by Crippen LogP contribution is 2.39. The van der Waals surface area contributed by atoms with Gasteiger partial charge in [0.1, 0.15) is 5.75 Å². The summed E-state index contributed by atoms with van der Waals surface area (Å²) in [5.41, 5.74) is 6.95. The van der Waals surface area contributed by atoms with Crippen LogP contribution >= 0.6 is 0 Å². The maximum Gasteiger partial charge on any atom is 0.387 e. The summed E-state index contributed by atoms with van der Waals surface area (Å²) in [4.78, 5) is 0. The zero-order valence-electron chi connectivity index (χ0n) is 8.20. The molecule has 1 atom stereocenters. The maximum atomic E-state index is 11.9. The van der Waals surface area contributed by atoms with E-state index in [4.69, 9.17) is 5.73 Å². The predicted molar refractivity (Wildman–Crippen MR) is 52.7 cm³/mol. The van der Waals surface area contributed by atoms with Crippen molar-refractivity contribution in [2.75, 3.05) is 0 Å². The lowest BCUT2D eigenvalue weighted by Crippen LogP contribution is -2.12. The Labute approximate surface area is 87.0 Å². The molecule has 0 heterocycles. The third-order valence-electron chi connectivity index (χ3n) is 2.62.